The van der Waals surface area contributed by atoms with Crippen molar-refractivity contribution in [1.29, 1.82) is 0 Å². The molecule has 2 aliphatic heterocycles. The van der Waals surface area contributed by atoms with Gasteiger partial charge < -0.3 is 55.5 Å². The second kappa shape index (κ2) is 30.5. The van der Waals surface area contributed by atoms with Crippen molar-refractivity contribution >= 4 is 58.1 Å². The van der Waals surface area contributed by atoms with Gasteiger partial charge in [0.15, 0.2) is 16.6 Å². The fourth-order valence-corrected chi connectivity index (χ4v) is 10.2. The van der Waals surface area contributed by atoms with E-state index in [1.165, 1.54) is 6.20 Å². The molecule has 23 heteroatoms. The van der Waals surface area contributed by atoms with Gasteiger partial charge in [-0.05, 0) is 136 Å². The highest BCUT2D eigenvalue weighted by atomic mass is 35.5. The van der Waals surface area contributed by atoms with Crippen molar-refractivity contribution in [3.63, 3.8) is 0 Å². The molecular weight excluding hydrogens is 1100 g/mol. The van der Waals surface area contributed by atoms with Gasteiger partial charge in [0, 0.05) is 55.2 Å². The van der Waals surface area contributed by atoms with Crippen molar-refractivity contribution in [1.82, 2.24) is 50.1 Å². The number of allylic oxidation sites excluding steroid dienone is 1. The summed E-state index contributed by atoms with van der Waals surface area (Å²) >= 11 is 5.85. The summed E-state index contributed by atoms with van der Waals surface area (Å²) in [5.74, 6) is 0.503. The highest BCUT2D eigenvalue weighted by Gasteiger charge is 2.38. The second-order valence-corrected chi connectivity index (χ2v) is 34.5. The van der Waals surface area contributed by atoms with Crippen molar-refractivity contribution in [2.24, 2.45) is 16.5 Å². The summed E-state index contributed by atoms with van der Waals surface area (Å²) in [7, 11) is -3.42. The van der Waals surface area contributed by atoms with Crippen LogP contribution in [0.1, 0.15) is 91.5 Å². The molecule has 0 atom stereocenters. The third-order valence-corrected chi connectivity index (χ3v) is 24.3. The first-order valence-corrected chi connectivity index (χ1v) is 34.8. The summed E-state index contributed by atoms with van der Waals surface area (Å²) in [6.45, 7) is 40.6. The van der Waals surface area contributed by atoms with E-state index in [-0.39, 0.29) is 51.8 Å². The molecule has 5 heterocycles. The van der Waals surface area contributed by atoms with Gasteiger partial charge in [-0.15, -0.1) is 0 Å². The summed E-state index contributed by atoms with van der Waals surface area (Å²) in [5.41, 5.74) is 19.8. The van der Waals surface area contributed by atoms with Crippen LogP contribution in [0.4, 0.5) is 21.2 Å². The number of likely N-dealkylation sites (tertiary alicyclic amines) is 2. The Balaban J connectivity index is 0.000000256. The molecular formula is C60H93ClN14O6Si2. The molecule has 0 radical (unpaired) electrons. The lowest BCUT2D eigenvalue weighted by molar-refractivity contribution is -0.0642. The highest BCUT2D eigenvalue weighted by Crippen LogP contribution is 2.37. The smallest absolute Gasteiger partial charge is 0.317 e. The zero-order valence-electron chi connectivity index (χ0n) is 52.0. The normalized spacial score (nSPS) is 14.4. The number of urea groups is 2. The Hall–Kier alpha value is -6.28. The number of rotatable bonds is 21. The maximum atomic E-state index is 12.5. The van der Waals surface area contributed by atoms with Gasteiger partial charge in [-0.1, -0.05) is 65.8 Å². The number of ether oxygens (including phenoxy) is 2. The number of hydrogen-bond acceptors (Lipinski definition) is 15. The van der Waals surface area contributed by atoms with Crippen molar-refractivity contribution in [3.05, 3.63) is 113 Å². The predicted molar refractivity (Wildman–Crippen MR) is 339 cm³/mol. The average Bonchev–Trinajstić information content (AvgIpc) is 3.99. The lowest BCUT2D eigenvalue weighted by Crippen LogP contribution is -2.58. The van der Waals surface area contributed by atoms with Crippen molar-refractivity contribution in [2.45, 2.75) is 163 Å². The number of nitrogens with one attached hydrogen (secondary N) is 3. The molecule has 0 aliphatic carbocycles. The second-order valence-electron chi connectivity index (χ2n) is 24.5. The van der Waals surface area contributed by atoms with Crippen molar-refractivity contribution in [2.75, 3.05) is 51.3 Å². The molecule has 0 saturated carbocycles. The Morgan fingerprint density at radius 3 is 1.69 bits per heavy atom. The third kappa shape index (κ3) is 21.4. The first-order chi connectivity index (χ1) is 38.9. The molecule has 0 unspecified atom stereocenters. The van der Waals surface area contributed by atoms with Crippen LogP contribution in [-0.4, -0.2) is 145 Å². The van der Waals surface area contributed by atoms with Crippen LogP contribution < -0.4 is 27.4 Å². The van der Waals surface area contributed by atoms with Gasteiger partial charge in [0.25, 0.3) is 0 Å². The number of nitrogens with two attached hydrogens (primary N) is 2. The number of nitrogens with zero attached hydrogens (tertiary/aromatic N) is 9. The number of carbonyl (C=O) groups excluding carboxylic acids is 2. The molecule has 5 aromatic rings. The molecule has 454 valence electrons. The van der Waals surface area contributed by atoms with Crippen LogP contribution in [0.5, 0.6) is 0 Å². The van der Waals surface area contributed by atoms with Crippen molar-refractivity contribution in [3.8, 4) is 22.5 Å². The summed E-state index contributed by atoms with van der Waals surface area (Å²) in [6.07, 6.45) is 10.6. The molecule has 83 heavy (non-hydrogen) atoms. The fourth-order valence-electron chi connectivity index (χ4n) is 7.97. The molecule has 2 saturated heterocycles. The van der Waals surface area contributed by atoms with E-state index in [1.807, 2.05) is 94.9 Å². The minimum atomic E-state index is -1.78. The van der Waals surface area contributed by atoms with E-state index in [0.717, 1.165) is 50.5 Å². The third-order valence-electron chi connectivity index (χ3n) is 15.0. The van der Waals surface area contributed by atoms with Gasteiger partial charge >= 0.3 is 12.1 Å². The number of aryl methyl sites for hydroxylation is 2. The Morgan fingerprint density at radius 1 is 0.747 bits per heavy atom. The van der Waals surface area contributed by atoms with Crippen LogP contribution in [0.2, 0.25) is 41.5 Å². The van der Waals surface area contributed by atoms with E-state index in [1.54, 1.807) is 34.6 Å². The average molecular weight is 1200 g/mol. The molecule has 2 fully saturated rings. The Labute approximate surface area is 500 Å². The minimum absolute atomic E-state index is 0.0559. The highest BCUT2D eigenvalue weighted by molar-refractivity contribution is 6.74. The van der Waals surface area contributed by atoms with E-state index < -0.39 is 16.6 Å². The van der Waals surface area contributed by atoms with Gasteiger partial charge in [0.05, 0.1) is 106 Å². The van der Waals surface area contributed by atoms with E-state index in [9.17, 15) is 9.59 Å². The van der Waals surface area contributed by atoms with E-state index in [0.29, 0.717) is 77.2 Å². The summed E-state index contributed by atoms with van der Waals surface area (Å²) < 4.78 is 25.5. The van der Waals surface area contributed by atoms with Gasteiger partial charge in [-0.3, -0.25) is 9.67 Å². The predicted octanol–water partition coefficient (Wildman–Crippen LogP) is 11.0. The van der Waals surface area contributed by atoms with Crippen molar-refractivity contribution < 1.29 is 27.9 Å². The topological polar surface area (TPSA) is 247 Å². The number of anilines is 2. The maximum absolute atomic E-state index is 12.5. The number of halogens is 1. The van der Waals surface area contributed by atoms with Crippen LogP contribution in [0.15, 0.2) is 90.2 Å². The summed E-state index contributed by atoms with van der Waals surface area (Å²) in [5, 5.41) is 14.4. The minimum Gasteiger partial charge on any atom is -0.415 e. The fraction of sp³-hybridized carbons (Fsp3) is 0.533. The van der Waals surface area contributed by atoms with Gasteiger partial charge in [-0.2, -0.15) is 5.10 Å². The molecule has 7 N–H and O–H groups in total. The van der Waals surface area contributed by atoms with Gasteiger partial charge in [-0.25, -0.2) is 29.5 Å². The van der Waals surface area contributed by atoms with Gasteiger partial charge in [0.1, 0.15) is 0 Å². The lowest BCUT2D eigenvalue weighted by Gasteiger charge is -2.39. The Bertz CT molecular complexity index is 2950. The molecule has 3 aromatic heterocycles. The summed E-state index contributed by atoms with van der Waals surface area (Å²) in [4.78, 5) is 49.6. The molecule has 0 bridgehead atoms. The first kappa shape index (κ1) is 67.5. The standard InChI is InChI=1S/C30H45N7O3Si.C19H23ClN4O2.C11H25N3OSi/c1-21(2)40-26-19-36(20-26)29(38)32-16-24-10-9-23(15-22(24)3)27-11-12-31-28(35-27)34-25-17-33-37(18-25)13-14-39-41(7,8)30(4,5)6;1-12(2)26-16-10-24(11-16)19(25)22-9-15-5-4-14(8-13(15)3)17-6-7-21-18(20)23-17;1-11(2,3)16(4,5)15-7-6-14-9-10(13)8-12/h9-12,15,17-18,21,26H,13-14,16,19-20H2,1-8H3,(H,32,38)(H,31,34,35);4-8,12,16H,9-11H2,1-3H3,(H,22,25);8-9H,6-7,12-13H2,1-5H3. The van der Waals surface area contributed by atoms with E-state index in [2.05, 4.69) is 115 Å². The van der Waals surface area contributed by atoms with Crippen LogP contribution in [0.25, 0.3) is 22.5 Å². The number of aliphatic imine (C=N–C) groups is 1. The molecule has 7 rings (SSSR count). The SMILES string of the molecule is CC(C)(C)[Si](C)(C)OCCN=CC(N)=CN.Cc1cc(-c2ccnc(Cl)n2)ccc1CNC(=O)N1CC(OC(C)C)C1.Cc1cc(-c2ccnc(Nc3cnn(CCO[Si](C)(C)C(C)(C)C)c3)n2)ccc1CNC(=O)N1CC(OC(C)C)C1. The maximum Gasteiger partial charge on any atom is 0.317 e. The molecule has 0 spiro atoms. The van der Waals surface area contributed by atoms with Gasteiger partial charge in [0.2, 0.25) is 11.2 Å². The molecule has 20 nitrogen and oxygen atoms in total. The largest absolute Gasteiger partial charge is 0.415 e. The van der Waals surface area contributed by atoms with Crippen LogP contribution >= 0.6 is 11.6 Å². The zero-order valence-corrected chi connectivity index (χ0v) is 54.7. The quantitative estimate of drug-likeness (QED) is 0.0199. The molecule has 2 aromatic carbocycles. The van der Waals surface area contributed by atoms with Crippen LogP contribution in [-0.2, 0) is 38.0 Å². The van der Waals surface area contributed by atoms with Crippen LogP contribution in [0.3, 0.4) is 0 Å². The number of hydrogen-bond donors (Lipinski definition) is 5. The molecule has 2 aliphatic rings. The summed E-state index contributed by atoms with van der Waals surface area (Å²) in [6, 6.07) is 15.8. The number of benzene rings is 2. The zero-order chi connectivity index (χ0) is 61.3. The van der Waals surface area contributed by atoms with Crippen LogP contribution in [0, 0.1) is 13.8 Å². The first-order valence-electron chi connectivity index (χ1n) is 28.6. The lowest BCUT2D eigenvalue weighted by atomic mass is 10.0. The van der Waals surface area contributed by atoms with E-state index in [4.69, 9.17) is 46.4 Å². The number of aromatic nitrogens is 6. The van der Waals surface area contributed by atoms with E-state index >= 15 is 0 Å². The molecule has 4 amide bonds. The Kier molecular flexibility index (Phi) is 24.8. The monoisotopic (exact) mass is 1200 g/mol. The number of amides is 4. The Morgan fingerprint density at radius 2 is 1.23 bits per heavy atom. The number of carbonyl (C=O) groups is 2.